The van der Waals surface area contributed by atoms with Gasteiger partial charge in [0.25, 0.3) is 0 Å². The van der Waals surface area contributed by atoms with E-state index in [-0.39, 0.29) is 11.5 Å². The Bertz CT molecular complexity index is 475. The number of likely N-dealkylation sites (N-methyl/N-ethyl adjacent to an activating group) is 1. The van der Waals surface area contributed by atoms with Crippen LogP contribution in [0, 0.1) is 5.92 Å². The number of ketones is 1. The number of Topliss-reactive ketones (excluding diaryl/α,β-unsaturated/α-hetero) is 1. The fourth-order valence-electron chi connectivity index (χ4n) is 4.56. The van der Waals surface area contributed by atoms with Crippen molar-refractivity contribution in [3.8, 4) is 0 Å². The smallest absolute Gasteiger partial charge is 0.150 e. The van der Waals surface area contributed by atoms with Gasteiger partial charge in [0.1, 0.15) is 5.78 Å². The van der Waals surface area contributed by atoms with Gasteiger partial charge in [-0.3, -0.25) is 9.69 Å². The van der Waals surface area contributed by atoms with E-state index in [2.05, 4.69) is 36.5 Å². The maximum absolute atomic E-state index is 12.3. The molecule has 2 unspecified atom stereocenters. The van der Waals surface area contributed by atoms with Crippen molar-refractivity contribution in [2.24, 2.45) is 5.92 Å². The van der Waals surface area contributed by atoms with Crippen molar-refractivity contribution in [2.75, 3.05) is 14.1 Å². The normalized spacial score (nSPS) is 31.8. The minimum atomic E-state index is 0.114. The third kappa shape index (κ3) is 2.83. The van der Waals surface area contributed by atoms with Crippen LogP contribution in [-0.2, 0) is 10.2 Å². The van der Waals surface area contributed by atoms with Crippen molar-refractivity contribution in [2.45, 2.75) is 62.8 Å². The van der Waals surface area contributed by atoms with Crippen molar-refractivity contribution >= 4 is 17.1 Å². The summed E-state index contributed by atoms with van der Waals surface area (Å²) < 4.78 is 0. The summed E-state index contributed by atoms with van der Waals surface area (Å²) in [5, 5.41) is 2.21. The molecule has 2 fully saturated rings. The van der Waals surface area contributed by atoms with Gasteiger partial charge in [0.2, 0.25) is 0 Å². The molecular formula is C18H27NOS. The highest BCUT2D eigenvalue weighted by molar-refractivity contribution is 7.10. The number of hydrogen-bond donors (Lipinski definition) is 0. The fourth-order valence-corrected chi connectivity index (χ4v) is 5.60. The second-order valence-electron chi connectivity index (χ2n) is 7.12. The fraction of sp³-hybridized carbons (Fsp3) is 0.722. The third-order valence-corrected chi connectivity index (χ3v) is 6.86. The van der Waals surface area contributed by atoms with Crippen LogP contribution in [0.15, 0.2) is 17.5 Å². The summed E-state index contributed by atoms with van der Waals surface area (Å²) in [6, 6.07) is 4.62. The number of carbonyl (C=O) groups excluding carboxylic acids is 1. The first kappa shape index (κ1) is 15.2. The number of hydrogen-bond acceptors (Lipinski definition) is 3. The highest BCUT2D eigenvalue weighted by Crippen LogP contribution is 2.51. The summed E-state index contributed by atoms with van der Waals surface area (Å²) in [7, 11) is 4.13. The molecule has 2 aliphatic carbocycles. The summed E-state index contributed by atoms with van der Waals surface area (Å²) >= 11 is 1.91. The molecule has 1 aromatic rings. The van der Waals surface area contributed by atoms with Crippen molar-refractivity contribution in [3.05, 3.63) is 22.4 Å². The zero-order valence-corrected chi connectivity index (χ0v) is 14.1. The first-order chi connectivity index (χ1) is 10.1. The van der Waals surface area contributed by atoms with Gasteiger partial charge >= 0.3 is 0 Å². The number of carbonyl (C=O) groups is 1. The van der Waals surface area contributed by atoms with Crippen molar-refractivity contribution < 1.29 is 4.79 Å². The largest absolute Gasteiger partial charge is 0.300 e. The van der Waals surface area contributed by atoms with Crippen molar-refractivity contribution in [3.63, 3.8) is 0 Å². The zero-order chi connectivity index (χ0) is 14.9. The molecule has 2 nitrogen and oxygen atoms in total. The summed E-state index contributed by atoms with van der Waals surface area (Å²) in [4.78, 5) is 16.0. The van der Waals surface area contributed by atoms with Crippen LogP contribution in [-0.4, -0.2) is 30.8 Å². The second kappa shape index (κ2) is 6.21. The standard InChI is InChI=1S/C18H27NOS/c1-19(2)15-13-18(11-10-16(15)20,17-9-6-12-21-17)14-7-4-3-5-8-14/h6,9,12,14-15H,3-5,7-8,10-11,13H2,1-2H3. The Balaban J connectivity index is 1.94. The lowest BCUT2D eigenvalue weighted by atomic mass is 9.59. The minimum Gasteiger partial charge on any atom is -0.300 e. The van der Waals surface area contributed by atoms with Gasteiger partial charge in [-0.1, -0.05) is 25.3 Å². The Morgan fingerprint density at radius 2 is 2.00 bits per heavy atom. The Labute approximate surface area is 132 Å². The topological polar surface area (TPSA) is 20.3 Å². The van der Waals surface area contributed by atoms with E-state index in [4.69, 9.17) is 0 Å². The average molecular weight is 305 g/mol. The van der Waals surface area contributed by atoms with E-state index in [0.29, 0.717) is 5.78 Å². The lowest BCUT2D eigenvalue weighted by Crippen LogP contribution is -2.50. The maximum atomic E-state index is 12.3. The molecule has 1 heterocycles. The summed E-state index contributed by atoms with van der Waals surface area (Å²) in [5.41, 5.74) is 0.261. The lowest BCUT2D eigenvalue weighted by molar-refractivity contribution is -0.127. The second-order valence-corrected chi connectivity index (χ2v) is 8.07. The number of nitrogens with zero attached hydrogens (tertiary/aromatic N) is 1. The molecule has 0 spiro atoms. The van der Waals surface area contributed by atoms with Gasteiger partial charge in [-0.25, -0.2) is 0 Å². The van der Waals surface area contributed by atoms with Gasteiger partial charge in [0, 0.05) is 16.7 Å². The van der Waals surface area contributed by atoms with Crippen LogP contribution >= 0.6 is 11.3 Å². The molecule has 116 valence electrons. The molecule has 2 aliphatic rings. The molecule has 1 aromatic heterocycles. The summed E-state index contributed by atoms with van der Waals surface area (Å²) in [6.07, 6.45) is 9.71. The molecule has 0 aliphatic heterocycles. The van der Waals surface area contributed by atoms with E-state index >= 15 is 0 Å². The van der Waals surface area contributed by atoms with Crippen LogP contribution in [0.4, 0.5) is 0 Å². The highest BCUT2D eigenvalue weighted by Gasteiger charge is 2.47. The Morgan fingerprint density at radius 3 is 2.62 bits per heavy atom. The van der Waals surface area contributed by atoms with Crippen molar-refractivity contribution in [1.29, 1.82) is 0 Å². The van der Waals surface area contributed by atoms with E-state index in [1.807, 2.05) is 11.3 Å². The van der Waals surface area contributed by atoms with E-state index in [9.17, 15) is 4.79 Å². The molecule has 0 amide bonds. The Hall–Kier alpha value is -0.670. The van der Waals surface area contributed by atoms with Crippen LogP contribution < -0.4 is 0 Å². The number of rotatable bonds is 3. The molecule has 21 heavy (non-hydrogen) atoms. The van der Waals surface area contributed by atoms with Crippen LogP contribution in [0.25, 0.3) is 0 Å². The van der Waals surface area contributed by atoms with E-state index < -0.39 is 0 Å². The van der Waals surface area contributed by atoms with Crippen LogP contribution in [0.3, 0.4) is 0 Å². The first-order valence-corrected chi connectivity index (χ1v) is 9.24. The Kier molecular flexibility index (Phi) is 4.51. The van der Waals surface area contributed by atoms with Gasteiger partial charge in [-0.2, -0.15) is 0 Å². The van der Waals surface area contributed by atoms with Gasteiger partial charge in [-0.05, 0) is 57.1 Å². The van der Waals surface area contributed by atoms with E-state index in [1.54, 1.807) is 0 Å². The predicted molar refractivity (Wildman–Crippen MR) is 88.9 cm³/mol. The molecular weight excluding hydrogens is 278 g/mol. The van der Waals surface area contributed by atoms with E-state index in [1.165, 1.54) is 37.0 Å². The maximum Gasteiger partial charge on any atom is 0.150 e. The summed E-state index contributed by atoms with van der Waals surface area (Å²) in [6.45, 7) is 0. The van der Waals surface area contributed by atoms with Crippen molar-refractivity contribution in [1.82, 2.24) is 4.90 Å². The molecule has 3 heteroatoms. The average Bonchev–Trinajstić information content (AvgIpc) is 3.03. The number of thiophene rings is 1. The van der Waals surface area contributed by atoms with Gasteiger partial charge in [0.05, 0.1) is 6.04 Å². The van der Waals surface area contributed by atoms with E-state index in [0.717, 1.165) is 25.2 Å². The lowest BCUT2D eigenvalue weighted by Gasteiger charge is -2.48. The monoisotopic (exact) mass is 305 g/mol. The molecule has 2 atom stereocenters. The van der Waals surface area contributed by atoms with Gasteiger partial charge in [-0.15, -0.1) is 11.3 Å². The first-order valence-electron chi connectivity index (χ1n) is 8.36. The molecule has 2 saturated carbocycles. The van der Waals surface area contributed by atoms with Gasteiger partial charge in [0.15, 0.2) is 0 Å². The van der Waals surface area contributed by atoms with Crippen LogP contribution in [0.1, 0.15) is 56.2 Å². The quantitative estimate of drug-likeness (QED) is 0.832. The third-order valence-electron chi connectivity index (χ3n) is 5.77. The molecule has 0 aromatic carbocycles. The predicted octanol–water partition coefficient (Wildman–Crippen LogP) is 4.25. The van der Waals surface area contributed by atoms with Crippen LogP contribution in [0.2, 0.25) is 0 Å². The van der Waals surface area contributed by atoms with Crippen LogP contribution in [0.5, 0.6) is 0 Å². The molecule has 3 rings (SSSR count). The molecule has 0 saturated heterocycles. The zero-order valence-electron chi connectivity index (χ0n) is 13.3. The minimum absolute atomic E-state index is 0.114. The molecule has 0 bridgehead atoms. The van der Waals surface area contributed by atoms with Gasteiger partial charge < -0.3 is 0 Å². The SMILES string of the molecule is CN(C)C1CC(c2cccs2)(C2CCCCC2)CCC1=O. The molecule has 0 N–H and O–H groups in total. The Morgan fingerprint density at radius 1 is 1.24 bits per heavy atom. The highest BCUT2D eigenvalue weighted by atomic mass is 32.1. The summed E-state index contributed by atoms with van der Waals surface area (Å²) in [5.74, 6) is 1.23. The molecule has 0 radical (unpaired) electrons.